The summed E-state index contributed by atoms with van der Waals surface area (Å²) in [6, 6.07) is 17.1. The van der Waals surface area contributed by atoms with Crippen molar-refractivity contribution < 1.29 is 28.2 Å². The monoisotopic (exact) mass is 564 g/mol. The number of carbonyl (C=O) groups excluding carboxylic acids is 2. The first-order valence-corrected chi connectivity index (χ1v) is 13.3. The summed E-state index contributed by atoms with van der Waals surface area (Å²) in [5, 5.41) is 2.69. The van der Waals surface area contributed by atoms with Crippen LogP contribution in [-0.4, -0.2) is 37.3 Å². The van der Waals surface area contributed by atoms with Crippen molar-refractivity contribution in [3.63, 3.8) is 0 Å². The van der Waals surface area contributed by atoms with E-state index in [4.69, 9.17) is 14.2 Å². The van der Waals surface area contributed by atoms with Gasteiger partial charge in [-0.05, 0) is 51.5 Å². The van der Waals surface area contributed by atoms with Crippen LogP contribution in [-0.2, 0) is 22.5 Å². The number of amides is 1. The van der Waals surface area contributed by atoms with E-state index in [1.54, 1.807) is 32.9 Å². The third-order valence-corrected chi connectivity index (χ3v) is 6.01. The minimum absolute atomic E-state index is 0.0577. The summed E-state index contributed by atoms with van der Waals surface area (Å²) in [6.45, 7) is 6.68. The van der Waals surface area contributed by atoms with Gasteiger partial charge in [0.05, 0.1) is 11.7 Å². The van der Waals surface area contributed by atoms with E-state index < -0.39 is 29.4 Å². The predicted molar refractivity (Wildman–Crippen MR) is 147 cm³/mol. The van der Waals surface area contributed by atoms with Crippen LogP contribution >= 0.6 is 11.7 Å². The second-order valence-corrected chi connectivity index (χ2v) is 10.4. The fourth-order valence-corrected chi connectivity index (χ4v) is 4.06. The molecule has 0 aliphatic heterocycles. The average molecular weight is 565 g/mol. The highest BCUT2D eigenvalue weighted by Crippen LogP contribution is 2.27. The molecule has 0 saturated carbocycles. The van der Waals surface area contributed by atoms with Crippen LogP contribution in [0.15, 0.2) is 66.9 Å². The van der Waals surface area contributed by atoms with Gasteiger partial charge in [0.2, 0.25) is 5.88 Å². The molecule has 0 radical (unpaired) electrons. The predicted octanol–water partition coefficient (Wildman–Crippen LogP) is 5.49. The molecule has 4 aromatic rings. The molecule has 0 aliphatic carbocycles. The third kappa shape index (κ3) is 7.82. The lowest BCUT2D eigenvalue weighted by Crippen LogP contribution is -2.33. The van der Waals surface area contributed by atoms with Crippen molar-refractivity contribution in [3.8, 4) is 17.5 Å². The fraction of sp³-hybridized carbons (Fsp3) is 0.276. The normalized spacial score (nSPS) is 11.9. The Balaban J connectivity index is 1.39. The highest BCUT2D eigenvalue weighted by Gasteiger charge is 2.23. The molecule has 1 amide bonds. The summed E-state index contributed by atoms with van der Waals surface area (Å²) in [5.41, 5.74) is 1.39. The Kier molecular flexibility index (Phi) is 9.05. The first kappa shape index (κ1) is 28.6. The molecule has 40 heavy (non-hydrogen) atoms. The Bertz CT molecular complexity index is 1470. The van der Waals surface area contributed by atoms with Gasteiger partial charge in [0, 0.05) is 30.8 Å². The molecule has 0 spiro atoms. The number of nitrogens with one attached hydrogen (secondary N) is 1. The van der Waals surface area contributed by atoms with Gasteiger partial charge in [-0.25, -0.2) is 14.2 Å². The lowest BCUT2D eigenvalue weighted by atomic mass is 10.1. The van der Waals surface area contributed by atoms with E-state index in [-0.39, 0.29) is 35.2 Å². The summed E-state index contributed by atoms with van der Waals surface area (Å²) in [5.74, 6) is -1.17. The molecule has 11 heteroatoms. The van der Waals surface area contributed by atoms with Gasteiger partial charge in [0.25, 0.3) is 11.8 Å². The third-order valence-electron chi connectivity index (χ3n) is 5.46. The number of halogens is 1. The van der Waals surface area contributed by atoms with Crippen molar-refractivity contribution >= 4 is 23.6 Å². The molecule has 0 fully saturated rings. The topological polar surface area (TPSA) is 113 Å². The van der Waals surface area contributed by atoms with Gasteiger partial charge in [-0.3, -0.25) is 4.79 Å². The SMILES string of the molecule is CC(Oc1ccc(CNC(=O)c2cccnc2Oc2nsnc2Cc2ccccc2)c(F)c1)C(=O)OC(C)(C)C. The number of pyridine rings is 1. The van der Waals surface area contributed by atoms with Crippen molar-refractivity contribution in [3.05, 3.63) is 95.1 Å². The van der Waals surface area contributed by atoms with E-state index in [1.165, 1.54) is 25.3 Å². The maximum atomic E-state index is 14.8. The summed E-state index contributed by atoms with van der Waals surface area (Å²) in [4.78, 5) is 29.3. The van der Waals surface area contributed by atoms with E-state index in [2.05, 4.69) is 19.0 Å². The second kappa shape index (κ2) is 12.6. The summed E-state index contributed by atoms with van der Waals surface area (Å²) in [7, 11) is 0. The minimum atomic E-state index is -0.922. The van der Waals surface area contributed by atoms with Crippen LogP contribution in [0.4, 0.5) is 4.39 Å². The Hall–Kier alpha value is -4.38. The van der Waals surface area contributed by atoms with Gasteiger partial charge >= 0.3 is 5.97 Å². The van der Waals surface area contributed by atoms with Gasteiger partial charge in [-0.2, -0.15) is 4.37 Å². The van der Waals surface area contributed by atoms with Crippen molar-refractivity contribution in [1.29, 1.82) is 0 Å². The number of hydrogen-bond donors (Lipinski definition) is 1. The van der Waals surface area contributed by atoms with E-state index in [0.717, 1.165) is 23.4 Å². The van der Waals surface area contributed by atoms with Crippen LogP contribution in [0.1, 0.15) is 54.9 Å². The minimum Gasteiger partial charge on any atom is -0.479 e. The number of ether oxygens (including phenoxy) is 3. The first-order valence-electron chi connectivity index (χ1n) is 12.5. The summed E-state index contributed by atoms with van der Waals surface area (Å²) < 4.78 is 40.0. The van der Waals surface area contributed by atoms with Crippen LogP contribution < -0.4 is 14.8 Å². The van der Waals surface area contributed by atoms with E-state index in [0.29, 0.717) is 12.1 Å². The molecule has 0 aliphatic rings. The van der Waals surface area contributed by atoms with Crippen molar-refractivity contribution in [2.24, 2.45) is 0 Å². The number of nitrogens with zero attached hydrogens (tertiary/aromatic N) is 3. The Labute approximate surface area is 235 Å². The molecule has 2 aromatic carbocycles. The number of esters is 1. The first-order chi connectivity index (χ1) is 19.1. The van der Waals surface area contributed by atoms with Crippen molar-refractivity contribution in [2.45, 2.75) is 52.4 Å². The number of benzene rings is 2. The summed E-state index contributed by atoms with van der Waals surface area (Å²) in [6.07, 6.45) is 1.09. The molecular weight excluding hydrogens is 535 g/mol. The highest BCUT2D eigenvalue weighted by molar-refractivity contribution is 6.99. The number of aromatic nitrogens is 3. The van der Waals surface area contributed by atoms with Gasteiger partial charge < -0.3 is 19.5 Å². The van der Waals surface area contributed by atoms with Crippen molar-refractivity contribution in [2.75, 3.05) is 0 Å². The molecule has 0 saturated heterocycles. The number of hydrogen-bond acceptors (Lipinski definition) is 9. The zero-order valence-corrected chi connectivity index (χ0v) is 23.3. The van der Waals surface area contributed by atoms with E-state index in [1.807, 2.05) is 30.3 Å². The molecule has 1 unspecified atom stereocenters. The quantitative estimate of drug-likeness (QED) is 0.252. The van der Waals surface area contributed by atoms with E-state index >= 15 is 0 Å². The van der Waals surface area contributed by atoms with Gasteiger partial charge in [0.15, 0.2) is 6.10 Å². The lowest BCUT2D eigenvalue weighted by molar-refractivity contribution is -0.162. The molecular formula is C29H29FN4O5S. The van der Waals surface area contributed by atoms with Crippen LogP contribution in [0.5, 0.6) is 17.5 Å². The molecule has 4 rings (SSSR count). The number of rotatable bonds is 10. The van der Waals surface area contributed by atoms with Crippen LogP contribution in [0.3, 0.4) is 0 Å². The lowest BCUT2D eigenvalue weighted by Gasteiger charge is -2.22. The maximum Gasteiger partial charge on any atom is 0.347 e. The smallest absolute Gasteiger partial charge is 0.347 e. The molecule has 0 bridgehead atoms. The molecule has 9 nitrogen and oxygen atoms in total. The molecule has 1 N–H and O–H groups in total. The zero-order valence-electron chi connectivity index (χ0n) is 22.5. The van der Waals surface area contributed by atoms with Crippen LogP contribution in [0.2, 0.25) is 0 Å². The van der Waals surface area contributed by atoms with E-state index in [9.17, 15) is 14.0 Å². The van der Waals surface area contributed by atoms with Crippen molar-refractivity contribution in [1.82, 2.24) is 19.0 Å². The number of carbonyl (C=O) groups is 2. The summed E-state index contributed by atoms with van der Waals surface area (Å²) >= 11 is 1.01. The molecule has 1 atom stereocenters. The Morgan fingerprint density at radius 3 is 2.52 bits per heavy atom. The molecule has 2 aromatic heterocycles. The van der Waals surface area contributed by atoms with Gasteiger partial charge in [0.1, 0.15) is 28.4 Å². The van der Waals surface area contributed by atoms with Crippen LogP contribution in [0, 0.1) is 5.82 Å². The fourth-order valence-electron chi connectivity index (χ4n) is 3.56. The maximum absolute atomic E-state index is 14.8. The zero-order chi connectivity index (χ0) is 28.7. The standard InChI is InChI=1S/C29H29FN4O5S/c1-18(28(36)39-29(2,3)4)37-21-13-12-20(23(30)16-21)17-32-25(35)22-11-8-14-31-26(22)38-27-24(33-40-34-27)15-19-9-6-5-7-10-19/h5-14,16,18H,15,17H2,1-4H3,(H,32,35). The van der Waals surface area contributed by atoms with Crippen LogP contribution in [0.25, 0.3) is 0 Å². The molecule has 2 heterocycles. The Morgan fingerprint density at radius 2 is 1.80 bits per heavy atom. The van der Waals surface area contributed by atoms with Gasteiger partial charge in [-0.15, -0.1) is 4.37 Å². The Morgan fingerprint density at radius 1 is 1.02 bits per heavy atom. The highest BCUT2D eigenvalue weighted by atomic mass is 32.1. The molecule has 208 valence electrons. The largest absolute Gasteiger partial charge is 0.479 e. The average Bonchev–Trinajstić information content (AvgIpc) is 3.34. The van der Waals surface area contributed by atoms with Gasteiger partial charge in [-0.1, -0.05) is 36.4 Å². The second-order valence-electron chi connectivity index (χ2n) is 9.87.